The number of rotatable bonds is 3. The summed E-state index contributed by atoms with van der Waals surface area (Å²) in [6.07, 6.45) is 7.43. The lowest BCUT2D eigenvalue weighted by molar-refractivity contribution is -0.0682. The average Bonchev–Trinajstić information content (AvgIpc) is 3.12. The molecule has 2 heterocycles. The van der Waals surface area contributed by atoms with Crippen LogP contribution in [0.3, 0.4) is 0 Å². The molecule has 1 aromatic carbocycles. The Morgan fingerprint density at radius 1 is 1.07 bits per heavy atom. The molecule has 3 saturated carbocycles. The number of aryl methyl sites for hydroxylation is 1. The monoisotopic (exact) mass is 383 g/mol. The van der Waals surface area contributed by atoms with Gasteiger partial charge in [0, 0.05) is 16.6 Å². The van der Waals surface area contributed by atoms with Crippen molar-refractivity contribution in [2.75, 3.05) is 0 Å². The molecule has 140 valence electrons. The lowest BCUT2D eigenvalue weighted by atomic mass is 9.58. The van der Waals surface area contributed by atoms with E-state index in [2.05, 4.69) is 14.6 Å². The van der Waals surface area contributed by atoms with Gasteiger partial charge in [-0.05, 0) is 75.3 Å². The molecule has 0 radical (unpaired) electrons. The van der Waals surface area contributed by atoms with Gasteiger partial charge in [-0.3, -0.25) is 4.40 Å². The van der Waals surface area contributed by atoms with Crippen LogP contribution in [0.4, 0.5) is 0 Å². The molecule has 2 aromatic heterocycles. The summed E-state index contributed by atoms with van der Waals surface area (Å²) in [5, 5.41) is 20.2. The van der Waals surface area contributed by atoms with E-state index in [9.17, 15) is 5.11 Å². The highest BCUT2D eigenvalue weighted by Gasteiger charge is 2.50. The summed E-state index contributed by atoms with van der Waals surface area (Å²) in [5.41, 5.74) is 1.28. The Balaban J connectivity index is 1.53. The molecule has 0 unspecified atom stereocenters. The summed E-state index contributed by atoms with van der Waals surface area (Å²) in [6.45, 7) is 1.96. The number of hydrogen-bond donors (Lipinski definition) is 1. The van der Waals surface area contributed by atoms with E-state index in [0.29, 0.717) is 22.2 Å². The van der Waals surface area contributed by atoms with Crippen LogP contribution in [0.2, 0.25) is 5.02 Å². The first-order valence-corrected chi connectivity index (χ1v) is 9.87. The summed E-state index contributed by atoms with van der Waals surface area (Å²) in [7, 11) is 0. The molecular weight excluding hydrogens is 362 g/mol. The summed E-state index contributed by atoms with van der Waals surface area (Å²) >= 11 is 6.22. The van der Waals surface area contributed by atoms with Crippen molar-refractivity contribution in [1.29, 1.82) is 0 Å². The maximum absolute atomic E-state index is 10.5. The third-order valence-corrected chi connectivity index (χ3v) is 6.86. The topological polar surface area (TPSA) is 59.7 Å². The molecular formula is C21H22ClN3O2. The van der Waals surface area contributed by atoms with Crippen LogP contribution >= 0.6 is 11.6 Å². The second-order valence-electron chi connectivity index (χ2n) is 8.11. The zero-order valence-electron chi connectivity index (χ0n) is 15.3. The zero-order valence-corrected chi connectivity index (χ0v) is 16.0. The molecule has 3 aliphatic carbocycles. The Kier molecular flexibility index (Phi) is 3.75. The Bertz CT molecular complexity index is 1000. The SMILES string of the molecule is Cc1ccc(Oc2cccn3c(C45CCC(O)(CC4)CC5)nnc23)cc1Cl. The Labute approximate surface area is 162 Å². The molecule has 6 heteroatoms. The number of aliphatic hydroxyl groups is 1. The predicted octanol–water partition coefficient (Wildman–Crippen LogP) is 4.82. The van der Waals surface area contributed by atoms with E-state index in [-0.39, 0.29) is 5.41 Å². The van der Waals surface area contributed by atoms with E-state index in [1.54, 1.807) is 0 Å². The highest BCUT2D eigenvalue weighted by atomic mass is 35.5. The lowest BCUT2D eigenvalue weighted by Gasteiger charge is -2.49. The van der Waals surface area contributed by atoms with Crippen LogP contribution in [-0.2, 0) is 5.41 Å². The fourth-order valence-corrected chi connectivity index (χ4v) is 4.77. The summed E-state index contributed by atoms with van der Waals surface area (Å²) < 4.78 is 8.13. The quantitative estimate of drug-likeness (QED) is 0.704. The molecule has 5 nitrogen and oxygen atoms in total. The molecule has 0 aliphatic heterocycles. The molecule has 3 aliphatic rings. The van der Waals surface area contributed by atoms with E-state index in [0.717, 1.165) is 49.9 Å². The number of halogens is 1. The average molecular weight is 384 g/mol. The van der Waals surface area contributed by atoms with Gasteiger partial charge in [-0.2, -0.15) is 0 Å². The Morgan fingerprint density at radius 3 is 2.52 bits per heavy atom. The number of nitrogens with zero attached hydrogens (tertiary/aromatic N) is 3. The van der Waals surface area contributed by atoms with Gasteiger partial charge in [0.05, 0.1) is 5.60 Å². The van der Waals surface area contributed by atoms with Crippen LogP contribution in [0, 0.1) is 6.92 Å². The largest absolute Gasteiger partial charge is 0.453 e. The van der Waals surface area contributed by atoms with Gasteiger partial charge in [0.1, 0.15) is 11.6 Å². The minimum absolute atomic E-state index is 0.00961. The van der Waals surface area contributed by atoms with Crippen molar-refractivity contribution >= 4 is 17.2 Å². The van der Waals surface area contributed by atoms with E-state index < -0.39 is 5.60 Å². The van der Waals surface area contributed by atoms with Crippen molar-refractivity contribution in [2.24, 2.45) is 0 Å². The van der Waals surface area contributed by atoms with Gasteiger partial charge in [-0.15, -0.1) is 10.2 Å². The second-order valence-corrected chi connectivity index (χ2v) is 8.51. The van der Waals surface area contributed by atoms with Crippen molar-refractivity contribution < 1.29 is 9.84 Å². The normalized spacial score (nSPS) is 27.2. The zero-order chi connectivity index (χ0) is 18.6. The molecule has 2 bridgehead atoms. The van der Waals surface area contributed by atoms with Crippen molar-refractivity contribution in [3.63, 3.8) is 0 Å². The lowest BCUT2D eigenvalue weighted by Crippen LogP contribution is -2.48. The van der Waals surface area contributed by atoms with Gasteiger partial charge in [-0.1, -0.05) is 17.7 Å². The number of aromatic nitrogens is 3. The highest BCUT2D eigenvalue weighted by Crippen LogP contribution is 2.53. The van der Waals surface area contributed by atoms with E-state index in [4.69, 9.17) is 16.3 Å². The van der Waals surface area contributed by atoms with Gasteiger partial charge in [0.2, 0.25) is 5.65 Å². The smallest absolute Gasteiger partial charge is 0.203 e. The number of pyridine rings is 1. The molecule has 3 fully saturated rings. The van der Waals surface area contributed by atoms with Gasteiger partial charge in [0.15, 0.2) is 5.75 Å². The maximum Gasteiger partial charge on any atom is 0.203 e. The number of fused-ring (bicyclic) bond motifs is 4. The number of ether oxygens (including phenoxy) is 1. The van der Waals surface area contributed by atoms with Crippen LogP contribution in [0.1, 0.15) is 49.9 Å². The van der Waals surface area contributed by atoms with E-state index in [1.807, 2.05) is 43.5 Å². The Hall–Kier alpha value is -2.11. The molecule has 1 N–H and O–H groups in total. The first kappa shape index (κ1) is 17.0. The van der Waals surface area contributed by atoms with Gasteiger partial charge >= 0.3 is 0 Å². The molecule has 0 spiro atoms. The predicted molar refractivity (Wildman–Crippen MR) is 104 cm³/mol. The minimum atomic E-state index is -0.457. The van der Waals surface area contributed by atoms with Crippen LogP contribution < -0.4 is 4.74 Å². The minimum Gasteiger partial charge on any atom is -0.453 e. The van der Waals surface area contributed by atoms with Crippen LogP contribution in [0.15, 0.2) is 36.5 Å². The molecule has 6 rings (SSSR count). The van der Waals surface area contributed by atoms with Crippen molar-refractivity contribution in [2.45, 2.75) is 56.5 Å². The third kappa shape index (κ3) is 2.72. The van der Waals surface area contributed by atoms with Crippen molar-refractivity contribution in [3.05, 3.63) is 52.9 Å². The molecule has 27 heavy (non-hydrogen) atoms. The van der Waals surface area contributed by atoms with Crippen LogP contribution in [0.25, 0.3) is 5.65 Å². The maximum atomic E-state index is 10.5. The van der Waals surface area contributed by atoms with E-state index in [1.165, 1.54) is 0 Å². The highest BCUT2D eigenvalue weighted by molar-refractivity contribution is 6.31. The van der Waals surface area contributed by atoms with Crippen molar-refractivity contribution in [3.8, 4) is 11.5 Å². The summed E-state index contributed by atoms with van der Waals surface area (Å²) in [5.74, 6) is 2.34. The summed E-state index contributed by atoms with van der Waals surface area (Å²) in [4.78, 5) is 0. The molecule has 0 amide bonds. The Morgan fingerprint density at radius 2 is 1.81 bits per heavy atom. The third-order valence-electron chi connectivity index (χ3n) is 6.45. The van der Waals surface area contributed by atoms with Gasteiger partial charge < -0.3 is 9.84 Å². The molecule has 0 saturated heterocycles. The first-order chi connectivity index (χ1) is 13.0. The number of benzene rings is 1. The first-order valence-electron chi connectivity index (χ1n) is 9.49. The standard InChI is InChI=1S/C21H22ClN3O2/c1-14-4-5-15(13-16(14)22)27-17-3-2-12-25-18(17)23-24-19(25)20-6-9-21(26,10-7-20)11-8-20/h2-5,12-13,26H,6-11H2,1H3. The second kappa shape index (κ2) is 5.94. The fourth-order valence-electron chi connectivity index (χ4n) is 4.60. The molecule has 0 atom stereocenters. The van der Waals surface area contributed by atoms with Gasteiger partial charge in [-0.25, -0.2) is 0 Å². The van der Waals surface area contributed by atoms with Crippen LogP contribution in [0.5, 0.6) is 11.5 Å². The van der Waals surface area contributed by atoms with E-state index >= 15 is 0 Å². The van der Waals surface area contributed by atoms with Gasteiger partial charge in [0.25, 0.3) is 0 Å². The summed E-state index contributed by atoms with van der Waals surface area (Å²) in [6, 6.07) is 9.53. The molecule has 3 aromatic rings. The number of hydrogen-bond acceptors (Lipinski definition) is 4. The van der Waals surface area contributed by atoms with Crippen LogP contribution in [-0.4, -0.2) is 25.3 Å². The fraction of sp³-hybridized carbons (Fsp3) is 0.429. The van der Waals surface area contributed by atoms with Crippen molar-refractivity contribution in [1.82, 2.24) is 14.6 Å².